The molecule has 2 aromatic heterocycles. The maximum Gasteiger partial charge on any atom is 0.409 e. The molecule has 0 radical (unpaired) electrons. The molecule has 6 heterocycles. The fourth-order valence-corrected chi connectivity index (χ4v) is 15.9. The highest BCUT2D eigenvalue weighted by molar-refractivity contribution is 9.09. The van der Waals surface area contributed by atoms with E-state index >= 15 is 0 Å². The van der Waals surface area contributed by atoms with Crippen LogP contribution >= 0.6 is 27.7 Å². The number of rotatable bonds is 23. The smallest absolute Gasteiger partial charge is 0.409 e. The van der Waals surface area contributed by atoms with E-state index in [0.29, 0.717) is 97.9 Å². The molecule has 0 saturated carbocycles. The summed E-state index contributed by atoms with van der Waals surface area (Å²) in [5, 5.41) is 17.1. The first kappa shape index (κ1) is 75.9. The van der Waals surface area contributed by atoms with Gasteiger partial charge in [-0.25, -0.2) is 53.2 Å². The fourth-order valence-electron chi connectivity index (χ4n) is 12.2. The molecule has 4 aromatic rings. The molecule has 2 spiro atoms. The number of likely N-dealkylation sites (tertiary alicyclic amines) is 2. The van der Waals surface area contributed by atoms with Gasteiger partial charge in [0.25, 0.3) is 0 Å². The van der Waals surface area contributed by atoms with Crippen molar-refractivity contribution >= 4 is 102 Å². The predicted molar refractivity (Wildman–Crippen MR) is 362 cm³/mol. The van der Waals surface area contributed by atoms with Gasteiger partial charge in [0.05, 0.1) is 60.7 Å². The number of nitrogens with zero attached hydrogens (tertiary/aromatic N) is 8. The number of hydrogen-bond donors (Lipinski definition) is 2. The minimum absolute atomic E-state index is 0.0251. The highest BCUT2D eigenvalue weighted by Gasteiger charge is 2.61. The number of aliphatic hydroxyl groups excluding tert-OH is 2. The van der Waals surface area contributed by atoms with Crippen LogP contribution in [0.4, 0.5) is 21.0 Å². The van der Waals surface area contributed by atoms with Gasteiger partial charge in [-0.3, -0.25) is 9.59 Å². The van der Waals surface area contributed by atoms with Crippen LogP contribution in [0.1, 0.15) is 117 Å². The van der Waals surface area contributed by atoms with E-state index in [9.17, 15) is 52.8 Å². The number of para-hydroxylation sites is 2. The molecule has 2 aliphatic carbocycles. The number of anilines is 2. The first-order chi connectivity index (χ1) is 43.5. The van der Waals surface area contributed by atoms with E-state index in [1.165, 1.54) is 30.2 Å². The second-order valence-corrected chi connectivity index (χ2v) is 34.9. The highest BCUT2D eigenvalue weighted by Crippen LogP contribution is 2.49. The summed E-state index contributed by atoms with van der Waals surface area (Å²) in [5.41, 5.74) is 6.55. The third-order valence-electron chi connectivity index (χ3n) is 16.5. The van der Waals surface area contributed by atoms with Crippen molar-refractivity contribution in [1.29, 1.82) is 0 Å². The van der Waals surface area contributed by atoms with Crippen molar-refractivity contribution in [1.82, 2.24) is 28.9 Å². The summed E-state index contributed by atoms with van der Waals surface area (Å²) in [4.78, 5) is 68.7. The summed E-state index contributed by atoms with van der Waals surface area (Å²) in [6.07, 6.45) is 17.2. The van der Waals surface area contributed by atoms with Gasteiger partial charge in [0, 0.05) is 106 Å². The molecule has 24 nitrogen and oxygen atoms in total. The van der Waals surface area contributed by atoms with Crippen LogP contribution in [0.15, 0.2) is 48.5 Å². The van der Waals surface area contributed by atoms with Gasteiger partial charge in [0.15, 0.2) is 0 Å². The lowest BCUT2D eigenvalue weighted by atomic mass is 9.75. The Balaban J connectivity index is 0.000000221. The van der Waals surface area contributed by atoms with Gasteiger partial charge in [-0.15, -0.1) is 0 Å². The van der Waals surface area contributed by atoms with Crippen LogP contribution in [0.3, 0.4) is 0 Å². The molecule has 10 rings (SSSR count). The van der Waals surface area contributed by atoms with Gasteiger partial charge >= 0.3 is 12.2 Å². The lowest BCUT2D eigenvalue weighted by Gasteiger charge is -2.45. The summed E-state index contributed by atoms with van der Waals surface area (Å²) in [5.74, 6) is 3.25. The monoisotopic (exact) mass is 1440 g/mol. The van der Waals surface area contributed by atoms with Crippen LogP contribution in [0.2, 0.25) is 0 Å². The van der Waals surface area contributed by atoms with Crippen molar-refractivity contribution < 1.29 is 72.5 Å². The number of amides is 4. The molecule has 2 N–H and O–H groups in total. The summed E-state index contributed by atoms with van der Waals surface area (Å²) in [6, 6.07) is 15.5. The van der Waals surface area contributed by atoms with E-state index in [1.807, 2.05) is 54.8 Å². The molecule has 514 valence electrons. The van der Waals surface area contributed by atoms with E-state index < -0.39 is 62.4 Å². The zero-order valence-electron chi connectivity index (χ0n) is 54.1. The zero-order valence-corrected chi connectivity index (χ0v) is 59.8. The molecular formula is C62H93BrN8O16S5. The Bertz CT molecular complexity index is 3410. The SMILES string of the molecule is CCOC(=O)N1CC2(C1)C(=O)N(Cc1nc3c(n1CCCS(C)(=O)=O)CCCC3)c1ccccc12.CCOC(=O)N1CC2(C1)C(=O)N(Cc1nc3c(n1CCCS(C)(=O)=O)CCCC3)c1ccccc12.CS(=O)(=O)CCCBr.CS(=O)(=O)CCCO.CSCCCO. The number of thioether (sulfide) groups is 1. The van der Waals surface area contributed by atoms with Crippen LogP contribution in [0.25, 0.3) is 0 Å². The van der Waals surface area contributed by atoms with Crippen LogP contribution in [0.5, 0.6) is 0 Å². The summed E-state index contributed by atoms with van der Waals surface area (Å²) in [6.45, 7) is 7.40. The number of hydrogen-bond acceptors (Lipinski definition) is 19. The number of imidazole rings is 2. The normalized spacial score (nSPS) is 16.6. The Morgan fingerprint density at radius 2 is 0.913 bits per heavy atom. The molecule has 30 heteroatoms. The number of fused-ring (bicyclic) bond motifs is 6. The van der Waals surface area contributed by atoms with Crippen molar-refractivity contribution in [3.05, 3.63) is 94.1 Å². The van der Waals surface area contributed by atoms with Crippen LogP contribution in [0, 0.1) is 0 Å². The first-order valence-corrected chi connectivity index (χ1v) is 42.0. The Morgan fingerprint density at radius 3 is 1.23 bits per heavy atom. The molecule has 6 aliphatic rings. The van der Waals surface area contributed by atoms with Gasteiger partial charge in [-0.2, -0.15) is 11.8 Å². The average molecular weight is 1450 g/mol. The molecule has 92 heavy (non-hydrogen) atoms. The Hall–Kier alpha value is -5.11. The lowest BCUT2D eigenvalue weighted by molar-refractivity contribution is -0.129. The van der Waals surface area contributed by atoms with Gasteiger partial charge in [0.2, 0.25) is 11.8 Å². The number of benzene rings is 2. The number of alkyl halides is 1. The molecule has 2 saturated heterocycles. The Labute approximate surface area is 556 Å². The van der Waals surface area contributed by atoms with Crippen LogP contribution < -0.4 is 9.80 Å². The van der Waals surface area contributed by atoms with Crippen molar-refractivity contribution in [3.63, 3.8) is 0 Å². The third kappa shape index (κ3) is 20.2. The van der Waals surface area contributed by atoms with Gasteiger partial charge in [-0.1, -0.05) is 52.3 Å². The van der Waals surface area contributed by atoms with Crippen molar-refractivity contribution in [2.75, 3.05) is 128 Å². The molecule has 0 bridgehead atoms. The fraction of sp³-hybridized carbons (Fsp3) is 0.645. The molecular weight excluding hydrogens is 1350 g/mol. The minimum Gasteiger partial charge on any atom is -0.450 e. The number of ether oxygens (including phenoxy) is 2. The molecule has 0 unspecified atom stereocenters. The van der Waals surface area contributed by atoms with Crippen molar-refractivity contribution in [2.45, 2.75) is 134 Å². The number of sulfone groups is 4. The standard InChI is InChI=1S/2C25H32N4O5S.C4H9BrO2S.C4H10O3S.C4H10OS/c2*1-3-34-24(31)27-16-25(17-27)18-9-4-6-11-20(18)29(23(25)30)15-22-26-19-10-5-7-12-21(19)28(22)13-8-14-35(2,32)33;2*1-8(6,7)4-2-3-5;1-6-4-2-3-5/h2*4,6,9,11H,3,5,7-8,10,12-17H2,1-2H3;2-4H2,1H3;5H,2-4H2,1H3;5H,2-4H2,1H3. The van der Waals surface area contributed by atoms with Gasteiger partial charge < -0.3 is 48.4 Å². The van der Waals surface area contributed by atoms with E-state index in [0.717, 1.165) is 121 Å². The van der Waals surface area contributed by atoms with E-state index in [2.05, 4.69) is 25.1 Å². The van der Waals surface area contributed by atoms with Crippen LogP contribution in [-0.4, -0.2) is 215 Å². The molecule has 2 aromatic carbocycles. The highest BCUT2D eigenvalue weighted by atomic mass is 79.9. The van der Waals surface area contributed by atoms with E-state index in [1.54, 1.807) is 45.2 Å². The first-order valence-electron chi connectivity index (χ1n) is 31.3. The second kappa shape index (κ2) is 34.0. The largest absolute Gasteiger partial charge is 0.450 e. The average Bonchev–Trinajstić information content (AvgIpc) is 1.54. The van der Waals surface area contributed by atoms with E-state index in [-0.39, 0.29) is 41.4 Å². The summed E-state index contributed by atoms with van der Waals surface area (Å²) >= 11 is 4.90. The molecule has 4 aliphatic heterocycles. The minimum atomic E-state index is -3.05. The molecule has 0 atom stereocenters. The second-order valence-electron chi connectivity index (χ2n) is 24.1. The number of aliphatic hydroxyl groups is 2. The topological polar surface area (TPSA) is 312 Å². The molecule has 2 fully saturated rings. The number of aryl methyl sites for hydroxylation is 2. The van der Waals surface area contributed by atoms with Gasteiger partial charge in [0.1, 0.15) is 61.8 Å². The number of carbonyl (C=O) groups excluding carboxylic acids is 4. The lowest BCUT2D eigenvalue weighted by Crippen LogP contribution is -2.65. The maximum absolute atomic E-state index is 13.8. The maximum atomic E-state index is 13.8. The Morgan fingerprint density at radius 1 is 0.554 bits per heavy atom. The molecule has 4 amide bonds. The number of halogens is 1. The van der Waals surface area contributed by atoms with Crippen LogP contribution in [-0.2, 0) is 121 Å². The zero-order chi connectivity index (χ0) is 67.7. The Kier molecular flexibility index (Phi) is 28.1. The summed E-state index contributed by atoms with van der Waals surface area (Å²) in [7, 11) is -11.7. The number of aromatic nitrogens is 4. The quantitative estimate of drug-likeness (QED) is 0.0648. The predicted octanol–water partition coefficient (Wildman–Crippen LogP) is 5.87. The van der Waals surface area contributed by atoms with Crippen molar-refractivity contribution in [3.8, 4) is 0 Å². The van der Waals surface area contributed by atoms with E-state index in [4.69, 9.17) is 29.7 Å². The summed E-state index contributed by atoms with van der Waals surface area (Å²) < 4.78 is 103. The third-order valence-corrected chi connectivity index (χ3v) is 21.8. The van der Waals surface area contributed by atoms with Crippen molar-refractivity contribution in [2.24, 2.45) is 0 Å². The number of carbonyl (C=O) groups is 4. The van der Waals surface area contributed by atoms with Gasteiger partial charge in [-0.05, 0) is 133 Å².